The molecule has 4 heterocycles. The molecule has 2 aliphatic carbocycles. The number of nitrogens with one attached hydrogen (secondary N) is 2. The van der Waals surface area contributed by atoms with Crippen molar-refractivity contribution < 1.29 is 9.59 Å². The second-order valence-electron chi connectivity index (χ2n) is 9.37. The minimum absolute atomic E-state index is 0.0357. The number of pyridine rings is 2. The molecule has 4 aromatic heterocycles. The first-order valence-corrected chi connectivity index (χ1v) is 12.6. The van der Waals surface area contributed by atoms with Crippen molar-refractivity contribution in [3.63, 3.8) is 0 Å². The summed E-state index contributed by atoms with van der Waals surface area (Å²) in [6, 6.07) is 9.35. The summed E-state index contributed by atoms with van der Waals surface area (Å²) >= 11 is 0. The molecule has 4 aromatic rings. The number of hydrogen-bond donors (Lipinski definition) is 2. The van der Waals surface area contributed by atoms with E-state index in [0.717, 1.165) is 53.0 Å². The Kier molecular flexibility index (Phi) is 7.39. The summed E-state index contributed by atoms with van der Waals surface area (Å²) in [5.41, 5.74) is 5.86. The van der Waals surface area contributed by atoms with Crippen LogP contribution < -0.4 is 10.6 Å². The minimum Gasteiger partial charge on any atom is -0.387 e. The van der Waals surface area contributed by atoms with E-state index in [1.54, 1.807) is 18.6 Å². The Morgan fingerprint density at radius 3 is 2.55 bits per heavy atom. The average molecular weight is 509 g/mol. The molecule has 38 heavy (non-hydrogen) atoms. The predicted molar refractivity (Wildman–Crippen MR) is 144 cm³/mol. The molecule has 2 saturated carbocycles. The van der Waals surface area contributed by atoms with Crippen LogP contribution in [0.5, 0.6) is 0 Å². The Bertz CT molecular complexity index is 1470. The molecular formula is C28H28N8O2. The first-order valence-electron chi connectivity index (χ1n) is 12.6. The zero-order chi connectivity index (χ0) is 26.5. The molecular weight excluding hydrogens is 480 g/mol. The van der Waals surface area contributed by atoms with Crippen molar-refractivity contribution in [3.8, 4) is 22.6 Å². The van der Waals surface area contributed by atoms with Gasteiger partial charge in [-0.1, -0.05) is 0 Å². The van der Waals surface area contributed by atoms with Gasteiger partial charge in [0.05, 0.1) is 29.5 Å². The number of nitrogens with zero attached hydrogens (tertiary/aromatic N) is 6. The maximum absolute atomic E-state index is 12.0. The van der Waals surface area contributed by atoms with Gasteiger partial charge in [0.25, 0.3) is 0 Å². The number of carbonyl (C=O) groups is 2. The lowest BCUT2D eigenvalue weighted by molar-refractivity contribution is -0.117. The van der Waals surface area contributed by atoms with E-state index in [1.807, 2.05) is 44.3 Å². The van der Waals surface area contributed by atoms with E-state index in [4.69, 9.17) is 4.98 Å². The molecule has 0 saturated heterocycles. The van der Waals surface area contributed by atoms with Crippen LogP contribution in [0.15, 0.2) is 55.1 Å². The zero-order valence-corrected chi connectivity index (χ0v) is 21.3. The molecule has 0 atom stereocenters. The van der Waals surface area contributed by atoms with Crippen LogP contribution >= 0.6 is 0 Å². The van der Waals surface area contributed by atoms with Gasteiger partial charge < -0.3 is 10.6 Å². The molecule has 10 nitrogen and oxygen atoms in total. The van der Waals surface area contributed by atoms with Crippen LogP contribution in [0, 0.1) is 12.8 Å². The molecule has 0 aromatic carbocycles. The summed E-state index contributed by atoms with van der Waals surface area (Å²) in [6.07, 6.45) is 11.8. The number of anilines is 2. The van der Waals surface area contributed by atoms with Gasteiger partial charge in [0, 0.05) is 53.7 Å². The van der Waals surface area contributed by atoms with E-state index in [2.05, 4.69) is 35.8 Å². The summed E-state index contributed by atoms with van der Waals surface area (Å²) in [7, 11) is 1.85. The molecule has 0 radical (unpaired) electrons. The van der Waals surface area contributed by atoms with E-state index >= 15 is 0 Å². The third-order valence-corrected chi connectivity index (χ3v) is 6.35. The van der Waals surface area contributed by atoms with Gasteiger partial charge in [-0.25, -0.2) is 15.0 Å². The summed E-state index contributed by atoms with van der Waals surface area (Å²) in [6.45, 7) is 1.93. The van der Waals surface area contributed by atoms with Gasteiger partial charge in [0.2, 0.25) is 5.91 Å². The fourth-order valence-electron chi connectivity index (χ4n) is 3.82. The Hall–Kier alpha value is -4.60. The smallest absolute Gasteiger partial charge is 0.228 e. The highest BCUT2D eigenvalue weighted by molar-refractivity contribution is 5.93. The lowest BCUT2D eigenvalue weighted by atomic mass is 10.1. The van der Waals surface area contributed by atoms with Crippen molar-refractivity contribution in [2.24, 2.45) is 5.92 Å². The highest BCUT2D eigenvalue weighted by atomic mass is 16.2. The lowest BCUT2D eigenvalue weighted by Crippen LogP contribution is -2.14. The van der Waals surface area contributed by atoms with Crippen LogP contribution in [0.25, 0.3) is 22.6 Å². The van der Waals surface area contributed by atoms with Crippen LogP contribution in [0.3, 0.4) is 0 Å². The van der Waals surface area contributed by atoms with Gasteiger partial charge >= 0.3 is 0 Å². The normalized spacial score (nSPS) is 14.2. The summed E-state index contributed by atoms with van der Waals surface area (Å²) in [5, 5.41) is 13.6. The maximum Gasteiger partial charge on any atom is 0.228 e. The molecule has 1 amide bonds. The third-order valence-electron chi connectivity index (χ3n) is 6.35. The standard InChI is InChI=1S/C20H20N6O.C8H8N2O/c1-12-16(10-15(21-2)11-24-12)19-23-8-6-17(25-19)14-5-7-22-18(9-14)26-20(27)13-3-4-13;11-5-6-3-8(7-1-2-7)10-9-4-6/h5-11,13,21H,3-4H2,1-2H3,(H,22,26,27);3-5,7H,1-2H2. The Balaban J connectivity index is 0.000000222. The van der Waals surface area contributed by atoms with Crippen LogP contribution in [-0.4, -0.2) is 49.4 Å². The van der Waals surface area contributed by atoms with E-state index in [1.165, 1.54) is 19.0 Å². The van der Waals surface area contributed by atoms with E-state index in [-0.39, 0.29) is 11.8 Å². The second-order valence-corrected chi connectivity index (χ2v) is 9.37. The van der Waals surface area contributed by atoms with Crippen molar-refractivity contribution in [1.82, 2.24) is 30.1 Å². The van der Waals surface area contributed by atoms with E-state index < -0.39 is 0 Å². The van der Waals surface area contributed by atoms with E-state index in [0.29, 0.717) is 23.1 Å². The van der Waals surface area contributed by atoms with Crippen molar-refractivity contribution in [1.29, 1.82) is 0 Å². The molecule has 0 spiro atoms. The monoisotopic (exact) mass is 508 g/mol. The number of rotatable bonds is 7. The van der Waals surface area contributed by atoms with E-state index in [9.17, 15) is 9.59 Å². The van der Waals surface area contributed by atoms with Gasteiger partial charge in [-0.15, -0.1) is 0 Å². The molecule has 192 valence electrons. The highest BCUT2D eigenvalue weighted by Gasteiger charge is 2.29. The molecule has 2 N–H and O–H groups in total. The van der Waals surface area contributed by atoms with Crippen LogP contribution in [0.2, 0.25) is 0 Å². The van der Waals surface area contributed by atoms with Gasteiger partial charge in [0.1, 0.15) is 5.82 Å². The number of carbonyl (C=O) groups excluding carboxylic acids is 2. The molecule has 0 bridgehead atoms. The Labute approximate surface area is 220 Å². The molecule has 2 fully saturated rings. The number of aldehydes is 1. The fourth-order valence-corrected chi connectivity index (χ4v) is 3.82. The van der Waals surface area contributed by atoms with Crippen LogP contribution in [0.1, 0.15) is 53.3 Å². The second kappa shape index (κ2) is 11.2. The zero-order valence-electron chi connectivity index (χ0n) is 21.3. The topological polar surface area (TPSA) is 136 Å². The first kappa shape index (κ1) is 25.1. The van der Waals surface area contributed by atoms with Gasteiger partial charge in [0.15, 0.2) is 12.1 Å². The number of hydrogen-bond acceptors (Lipinski definition) is 9. The quantitative estimate of drug-likeness (QED) is 0.347. The highest BCUT2D eigenvalue weighted by Crippen LogP contribution is 2.38. The van der Waals surface area contributed by atoms with Crippen molar-refractivity contribution in [2.75, 3.05) is 17.7 Å². The average Bonchev–Trinajstić information content (AvgIpc) is 3.87. The number of aryl methyl sites for hydroxylation is 1. The molecule has 0 aliphatic heterocycles. The lowest BCUT2D eigenvalue weighted by Gasteiger charge is -2.09. The molecule has 6 rings (SSSR count). The summed E-state index contributed by atoms with van der Waals surface area (Å²) in [5.74, 6) is 1.89. The Morgan fingerprint density at radius 1 is 1.00 bits per heavy atom. The SMILES string of the molecule is CNc1cnc(C)c(-c2nccc(-c3ccnc(NC(=O)C4CC4)c3)n2)c1.O=Cc1cnnc(C2CC2)c1. The first-order chi connectivity index (χ1) is 18.5. The summed E-state index contributed by atoms with van der Waals surface area (Å²) < 4.78 is 0. The fraction of sp³-hybridized carbons (Fsp3) is 0.286. The third kappa shape index (κ3) is 6.20. The van der Waals surface area contributed by atoms with Gasteiger partial charge in [-0.2, -0.15) is 10.2 Å². The van der Waals surface area contributed by atoms with Crippen molar-refractivity contribution >= 4 is 23.7 Å². The van der Waals surface area contributed by atoms with Crippen LogP contribution in [0.4, 0.5) is 11.5 Å². The predicted octanol–water partition coefficient (Wildman–Crippen LogP) is 4.47. The molecule has 0 unspecified atom stereocenters. The van der Waals surface area contributed by atoms with Gasteiger partial charge in [-0.3, -0.25) is 14.6 Å². The molecule has 10 heteroatoms. The van der Waals surface area contributed by atoms with Crippen LogP contribution in [-0.2, 0) is 4.79 Å². The Morgan fingerprint density at radius 2 is 1.82 bits per heavy atom. The van der Waals surface area contributed by atoms with Crippen molar-refractivity contribution in [3.05, 3.63) is 72.1 Å². The minimum atomic E-state index is 0.0357. The van der Waals surface area contributed by atoms with Gasteiger partial charge in [-0.05, 0) is 62.9 Å². The largest absolute Gasteiger partial charge is 0.387 e. The molecule has 2 aliphatic rings. The number of aromatic nitrogens is 6. The maximum atomic E-state index is 12.0. The van der Waals surface area contributed by atoms with Crippen molar-refractivity contribution in [2.45, 2.75) is 38.5 Å². The number of amides is 1. The summed E-state index contributed by atoms with van der Waals surface area (Å²) in [4.78, 5) is 40.0.